The maximum Gasteiger partial charge on any atom is 0.128 e. The van der Waals surface area contributed by atoms with Gasteiger partial charge in [-0.05, 0) is 60.9 Å². The number of aromatic nitrogens is 1. The highest BCUT2D eigenvalue weighted by molar-refractivity contribution is 9.10. The molecule has 4 heteroatoms. The molecule has 1 atom stereocenters. The van der Waals surface area contributed by atoms with Crippen LogP contribution in [0.3, 0.4) is 0 Å². The van der Waals surface area contributed by atoms with E-state index in [0.717, 1.165) is 28.4 Å². The van der Waals surface area contributed by atoms with Crippen molar-refractivity contribution in [2.24, 2.45) is 5.92 Å². The molecule has 0 amide bonds. The van der Waals surface area contributed by atoms with E-state index in [4.69, 9.17) is 0 Å². The van der Waals surface area contributed by atoms with Gasteiger partial charge in [-0.3, -0.25) is 0 Å². The largest absolute Gasteiger partial charge is 0.359 e. The summed E-state index contributed by atoms with van der Waals surface area (Å²) in [6, 6.07) is 4.16. The molecule has 2 heterocycles. The molecular weight excluding hydrogens is 278 g/mol. The highest BCUT2D eigenvalue weighted by atomic mass is 79.9. The fraction of sp³-hybridized carbons (Fsp3) is 0.615. The van der Waals surface area contributed by atoms with E-state index in [1.807, 2.05) is 6.92 Å². The van der Waals surface area contributed by atoms with E-state index in [1.165, 1.54) is 19.5 Å². The average Bonchev–Trinajstić information content (AvgIpc) is 2.68. The van der Waals surface area contributed by atoms with Crippen LogP contribution in [0, 0.1) is 12.8 Å². The van der Waals surface area contributed by atoms with Gasteiger partial charge in [0, 0.05) is 24.6 Å². The zero-order valence-corrected chi connectivity index (χ0v) is 12.4. The van der Waals surface area contributed by atoms with Crippen molar-refractivity contribution in [3.63, 3.8) is 0 Å². The minimum atomic E-state index is 0.774. The minimum absolute atomic E-state index is 0.774. The molecule has 1 aromatic heterocycles. The fourth-order valence-corrected chi connectivity index (χ4v) is 2.62. The Kier molecular flexibility index (Phi) is 4.05. The van der Waals surface area contributed by atoms with E-state index < -0.39 is 0 Å². The number of pyridine rings is 1. The van der Waals surface area contributed by atoms with Crippen molar-refractivity contribution >= 4 is 21.7 Å². The number of rotatable bonds is 3. The van der Waals surface area contributed by atoms with E-state index in [9.17, 15) is 0 Å². The Bertz CT molecular complexity index is 394. The third-order valence-electron chi connectivity index (χ3n) is 3.42. The summed E-state index contributed by atoms with van der Waals surface area (Å²) in [7, 11) is 4.33. The molecule has 0 aromatic carbocycles. The van der Waals surface area contributed by atoms with Gasteiger partial charge in [0.05, 0.1) is 5.69 Å². The predicted molar refractivity (Wildman–Crippen MR) is 75.5 cm³/mol. The maximum absolute atomic E-state index is 4.60. The van der Waals surface area contributed by atoms with Gasteiger partial charge >= 0.3 is 0 Å². The Labute approximate surface area is 112 Å². The molecule has 3 nitrogen and oxygen atoms in total. The van der Waals surface area contributed by atoms with Gasteiger partial charge in [-0.2, -0.15) is 0 Å². The van der Waals surface area contributed by atoms with Gasteiger partial charge in [-0.25, -0.2) is 4.98 Å². The lowest BCUT2D eigenvalue weighted by Gasteiger charge is -2.22. The summed E-state index contributed by atoms with van der Waals surface area (Å²) in [5.41, 5.74) is 1.05. The molecular formula is C13H20BrN3. The third kappa shape index (κ3) is 3.19. The topological polar surface area (TPSA) is 19.4 Å². The Morgan fingerprint density at radius 3 is 2.88 bits per heavy atom. The standard InChI is InChI=1S/C13H20BrN3/c1-10-12(14)4-5-13(15-10)17(3)9-11-6-7-16(2)8-11/h4-5,11H,6-9H2,1-3H3. The molecule has 1 saturated heterocycles. The molecule has 0 saturated carbocycles. The molecule has 1 fully saturated rings. The average molecular weight is 298 g/mol. The summed E-state index contributed by atoms with van der Waals surface area (Å²) in [6.07, 6.45) is 1.30. The van der Waals surface area contributed by atoms with E-state index in [0.29, 0.717) is 0 Å². The van der Waals surface area contributed by atoms with E-state index in [-0.39, 0.29) is 0 Å². The van der Waals surface area contributed by atoms with E-state index in [2.05, 4.69) is 56.9 Å². The van der Waals surface area contributed by atoms with Gasteiger partial charge in [0.15, 0.2) is 0 Å². The van der Waals surface area contributed by atoms with Crippen molar-refractivity contribution in [1.29, 1.82) is 0 Å². The number of nitrogens with zero attached hydrogens (tertiary/aromatic N) is 3. The first kappa shape index (κ1) is 12.8. The second kappa shape index (κ2) is 5.36. The molecule has 17 heavy (non-hydrogen) atoms. The first-order valence-electron chi connectivity index (χ1n) is 6.09. The van der Waals surface area contributed by atoms with Crippen LogP contribution >= 0.6 is 15.9 Å². The lowest BCUT2D eigenvalue weighted by molar-refractivity contribution is 0.395. The van der Waals surface area contributed by atoms with Crippen molar-refractivity contribution in [3.05, 3.63) is 22.3 Å². The van der Waals surface area contributed by atoms with Gasteiger partial charge in [0.1, 0.15) is 5.82 Å². The molecule has 0 bridgehead atoms. The Morgan fingerprint density at radius 2 is 2.29 bits per heavy atom. The van der Waals surface area contributed by atoms with Crippen LogP contribution in [0.15, 0.2) is 16.6 Å². The maximum atomic E-state index is 4.60. The fourth-order valence-electron chi connectivity index (χ4n) is 2.40. The number of likely N-dealkylation sites (tertiary alicyclic amines) is 1. The number of aryl methyl sites for hydroxylation is 1. The van der Waals surface area contributed by atoms with Crippen LogP contribution in [-0.2, 0) is 0 Å². The summed E-state index contributed by atoms with van der Waals surface area (Å²) in [5, 5.41) is 0. The smallest absolute Gasteiger partial charge is 0.128 e. The second-order valence-corrected chi connectivity index (χ2v) is 5.89. The van der Waals surface area contributed by atoms with Crippen LogP contribution in [0.1, 0.15) is 12.1 Å². The van der Waals surface area contributed by atoms with Crippen molar-refractivity contribution in [2.45, 2.75) is 13.3 Å². The Hall–Kier alpha value is -0.610. The Balaban J connectivity index is 1.99. The molecule has 0 radical (unpaired) electrons. The SMILES string of the molecule is Cc1nc(N(C)CC2CCN(C)C2)ccc1Br. The molecule has 2 rings (SSSR count). The lowest BCUT2D eigenvalue weighted by atomic mass is 10.1. The van der Waals surface area contributed by atoms with Crippen LogP contribution < -0.4 is 4.90 Å². The molecule has 1 unspecified atom stereocenters. The molecule has 94 valence electrons. The molecule has 1 aliphatic heterocycles. The summed E-state index contributed by atoms with van der Waals surface area (Å²) in [4.78, 5) is 9.27. The van der Waals surface area contributed by atoms with Crippen molar-refractivity contribution in [3.8, 4) is 0 Å². The van der Waals surface area contributed by atoms with Gasteiger partial charge in [0.2, 0.25) is 0 Å². The number of halogens is 1. The third-order valence-corrected chi connectivity index (χ3v) is 4.26. The molecule has 1 aromatic rings. The van der Waals surface area contributed by atoms with Gasteiger partial charge in [0.25, 0.3) is 0 Å². The normalized spacial score (nSPS) is 20.8. The first-order chi connectivity index (χ1) is 8.06. The molecule has 0 N–H and O–H groups in total. The monoisotopic (exact) mass is 297 g/mol. The molecule has 0 aliphatic carbocycles. The van der Waals surface area contributed by atoms with Gasteiger partial charge < -0.3 is 9.80 Å². The summed E-state index contributed by atoms with van der Waals surface area (Å²) in [5.74, 6) is 1.84. The van der Waals surface area contributed by atoms with Crippen molar-refractivity contribution < 1.29 is 0 Å². The lowest BCUT2D eigenvalue weighted by Crippen LogP contribution is -2.27. The Morgan fingerprint density at radius 1 is 1.53 bits per heavy atom. The number of hydrogen-bond donors (Lipinski definition) is 0. The van der Waals surface area contributed by atoms with Crippen molar-refractivity contribution in [2.75, 3.05) is 38.6 Å². The first-order valence-corrected chi connectivity index (χ1v) is 6.88. The summed E-state index contributed by atoms with van der Waals surface area (Å²) in [6.45, 7) is 5.56. The zero-order chi connectivity index (χ0) is 12.4. The van der Waals surface area contributed by atoms with Crippen LogP contribution in [0.4, 0.5) is 5.82 Å². The van der Waals surface area contributed by atoms with E-state index >= 15 is 0 Å². The van der Waals surface area contributed by atoms with Crippen LogP contribution in [-0.4, -0.2) is 43.6 Å². The zero-order valence-electron chi connectivity index (χ0n) is 10.8. The number of anilines is 1. The minimum Gasteiger partial charge on any atom is -0.359 e. The van der Waals surface area contributed by atoms with Crippen molar-refractivity contribution in [1.82, 2.24) is 9.88 Å². The molecule has 1 aliphatic rings. The van der Waals surface area contributed by atoms with Gasteiger partial charge in [-0.15, -0.1) is 0 Å². The summed E-state index contributed by atoms with van der Waals surface area (Å²) < 4.78 is 1.08. The second-order valence-electron chi connectivity index (χ2n) is 5.03. The van der Waals surface area contributed by atoms with E-state index in [1.54, 1.807) is 0 Å². The van der Waals surface area contributed by atoms with Crippen LogP contribution in [0.5, 0.6) is 0 Å². The van der Waals surface area contributed by atoms with Crippen LogP contribution in [0.2, 0.25) is 0 Å². The predicted octanol–water partition coefficient (Wildman–Crippen LogP) is 2.54. The molecule has 0 spiro atoms. The quantitative estimate of drug-likeness (QED) is 0.855. The number of hydrogen-bond acceptors (Lipinski definition) is 3. The summed E-state index contributed by atoms with van der Waals surface area (Å²) >= 11 is 3.49. The van der Waals surface area contributed by atoms with Gasteiger partial charge in [-0.1, -0.05) is 0 Å². The van der Waals surface area contributed by atoms with Crippen LogP contribution in [0.25, 0.3) is 0 Å². The highest BCUT2D eigenvalue weighted by Crippen LogP contribution is 2.21. The highest BCUT2D eigenvalue weighted by Gasteiger charge is 2.21.